The summed E-state index contributed by atoms with van der Waals surface area (Å²) in [6, 6.07) is 27.9. The van der Waals surface area contributed by atoms with Crippen LogP contribution < -0.4 is 18.9 Å². The summed E-state index contributed by atoms with van der Waals surface area (Å²) in [7, 11) is 0. The van der Waals surface area contributed by atoms with E-state index in [9.17, 15) is 15.6 Å². The first-order valence-electron chi connectivity index (χ1n) is 17.9. The van der Waals surface area contributed by atoms with Crippen molar-refractivity contribution in [1.82, 2.24) is 9.97 Å². The summed E-state index contributed by atoms with van der Waals surface area (Å²) in [5.41, 5.74) is 12.6. The monoisotopic (exact) mass is 730 g/mol. The van der Waals surface area contributed by atoms with Gasteiger partial charge in [0.2, 0.25) is 0 Å². The molecule has 9 heteroatoms. The van der Waals surface area contributed by atoms with E-state index in [4.69, 9.17) is 18.9 Å². The molecular formula is C46H42N4O5. The topological polar surface area (TPSA) is 131 Å². The smallest absolute Gasteiger partial charge is 0.129 e. The van der Waals surface area contributed by atoms with Crippen LogP contribution in [0.4, 0.5) is 0 Å². The molecule has 0 aliphatic carbocycles. The summed E-state index contributed by atoms with van der Waals surface area (Å²) in [6.07, 6.45) is 6.39. The van der Waals surface area contributed by atoms with Crippen molar-refractivity contribution in [3.63, 3.8) is 0 Å². The molecule has 276 valence electrons. The number of benzene rings is 4. The zero-order chi connectivity index (χ0) is 38.9. The normalized spacial score (nSPS) is 10.7. The Morgan fingerprint density at radius 2 is 0.945 bits per heavy atom. The molecule has 0 saturated carbocycles. The number of aromatic nitrogens is 2. The van der Waals surface area contributed by atoms with Gasteiger partial charge in [0.25, 0.3) is 0 Å². The van der Waals surface area contributed by atoms with Crippen LogP contribution in [0.1, 0.15) is 66.8 Å². The molecule has 4 aromatic carbocycles. The van der Waals surface area contributed by atoms with E-state index in [0.717, 1.165) is 66.9 Å². The van der Waals surface area contributed by atoms with Crippen molar-refractivity contribution in [3.05, 3.63) is 164 Å². The molecule has 0 amide bonds. The van der Waals surface area contributed by atoms with Crippen LogP contribution in [-0.4, -0.2) is 15.1 Å². The molecule has 6 aromatic rings. The fraction of sp³-hybridized carbons (Fsp3) is 0.217. The quantitative estimate of drug-likeness (QED) is 0.117. The van der Waals surface area contributed by atoms with Gasteiger partial charge in [-0.3, -0.25) is 9.97 Å². The third-order valence-electron chi connectivity index (χ3n) is 9.59. The van der Waals surface area contributed by atoms with Crippen LogP contribution in [0, 0.1) is 57.3 Å². The lowest BCUT2D eigenvalue weighted by molar-refractivity contribution is 0.255. The predicted molar refractivity (Wildman–Crippen MR) is 210 cm³/mol. The second kappa shape index (κ2) is 17.4. The Labute approximate surface area is 322 Å². The molecule has 0 atom stereocenters. The second-order valence-electron chi connectivity index (χ2n) is 13.5. The van der Waals surface area contributed by atoms with Gasteiger partial charge in [0, 0.05) is 53.6 Å². The minimum atomic E-state index is -0.184. The van der Waals surface area contributed by atoms with Crippen molar-refractivity contribution in [3.8, 4) is 46.3 Å². The third kappa shape index (κ3) is 9.10. The van der Waals surface area contributed by atoms with Gasteiger partial charge in [-0.2, -0.15) is 10.5 Å². The highest BCUT2D eigenvalue weighted by molar-refractivity contribution is 5.72. The number of ether oxygens (including phenoxy) is 4. The van der Waals surface area contributed by atoms with Crippen LogP contribution in [0.25, 0.3) is 11.1 Å². The van der Waals surface area contributed by atoms with E-state index in [-0.39, 0.29) is 13.2 Å². The van der Waals surface area contributed by atoms with Gasteiger partial charge in [0.15, 0.2) is 0 Å². The third-order valence-corrected chi connectivity index (χ3v) is 9.59. The fourth-order valence-electron chi connectivity index (χ4n) is 6.42. The molecule has 9 nitrogen and oxygen atoms in total. The highest BCUT2D eigenvalue weighted by Gasteiger charge is 2.15. The van der Waals surface area contributed by atoms with Crippen LogP contribution in [0.5, 0.6) is 23.0 Å². The van der Waals surface area contributed by atoms with Crippen molar-refractivity contribution in [2.45, 2.75) is 67.7 Å². The van der Waals surface area contributed by atoms with Gasteiger partial charge < -0.3 is 24.1 Å². The Morgan fingerprint density at radius 3 is 1.42 bits per heavy atom. The average molecular weight is 731 g/mol. The predicted octanol–water partition coefficient (Wildman–Crippen LogP) is 9.24. The van der Waals surface area contributed by atoms with Gasteiger partial charge in [-0.15, -0.1) is 0 Å². The highest BCUT2D eigenvalue weighted by Crippen LogP contribution is 2.35. The Kier molecular flexibility index (Phi) is 12.1. The number of rotatable bonds is 14. The van der Waals surface area contributed by atoms with Crippen LogP contribution in [0.15, 0.2) is 97.6 Å². The molecule has 2 aromatic heterocycles. The first-order chi connectivity index (χ1) is 26.7. The minimum absolute atomic E-state index is 0.184. The van der Waals surface area contributed by atoms with Crippen LogP contribution in [0.2, 0.25) is 0 Å². The number of nitrogens with zero attached hydrogens (tertiary/aromatic N) is 4. The van der Waals surface area contributed by atoms with Crippen molar-refractivity contribution in [2.75, 3.05) is 0 Å². The number of aliphatic hydroxyl groups excluding tert-OH is 1. The molecule has 0 saturated heterocycles. The Bertz CT molecular complexity index is 2430. The van der Waals surface area contributed by atoms with Crippen LogP contribution >= 0.6 is 0 Å². The van der Waals surface area contributed by atoms with Crippen molar-refractivity contribution in [1.29, 1.82) is 10.5 Å². The summed E-state index contributed by atoms with van der Waals surface area (Å²) in [5.74, 6) is 2.62. The van der Waals surface area contributed by atoms with Gasteiger partial charge in [0.05, 0.1) is 17.7 Å². The second-order valence-corrected chi connectivity index (χ2v) is 13.5. The summed E-state index contributed by atoms with van der Waals surface area (Å²) < 4.78 is 25.0. The molecular weight excluding hydrogens is 689 g/mol. The van der Waals surface area contributed by atoms with Crippen LogP contribution in [-0.2, 0) is 33.0 Å². The Balaban J connectivity index is 1.15. The maximum Gasteiger partial charge on any atom is 0.129 e. The molecule has 0 aliphatic rings. The number of hydrogen-bond donors (Lipinski definition) is 1. The van der Waals surface area contributed by atoms with Crippen molar-refractivity contribution in [2.24, 2.45) is 0 Å². The van der Waals surface area contributed by atoms with E-state index in [1.54, 1.807) is 24.5 Å². The number of nitriles is 2. The Hall–Kier alpha value is -6.68. The summed E-state index contributed by atoms with van der Waals surface area (Å²) >= 11 is 0. The molecule has 55 heavy (non-hydrogen) atoms. The maximum absolute atomic E-state index is 10.0. The first-order valence-corrected chi connectivity index (χ1v) is 17.9. The van der Waals surface area contributed by atoms with E-state index < -0.39 is 0 Å². The molecule has 0 bridgehead atoms. The zero-order valence-electron chi connectivity index (χ0n) is 31.6. The molecule has 1 N–H and O–H groups in total. The van der Waals surface area contributed by atoms with E-state index in [2.05, 4.69) is 72.4 Å². The van der Waals surface area contributed by atoms with Gasteiger partial charge in [-0.1, -0.05) is 36.4 Å². The Morgan fingerprint density at radius 1 is 0.509 bits per heavy atom. The van der Waals surface area contributed by atoms with Crippen LogP contribution in [0.3, 0.4) is 0 Å². The standard InChI is InChI=1S/C46H42N4O5/c1-29-12-30(2)44(16-43(29)52-25-36-14-34(18-47)20-49-22-36)54-27-38-8-6-10-41(32(38)4)42-11-7-9-39(33(42)5)28-55-45-17-46(40(24-51)13-31(45)3)53-26-37-15-35(19-48)21-50-23-37/h6-17,20-23,51H,24-28H2,1-5H3. The van der Waals surface area contributed by atoms with E-state index in [0.29, 0.717) is 53.8 Å². The molecule has 6 rings (SSSR count). The highest BCUT2D eigenvalue weighted by atomic mass is 16.5. The minimum Gasteiger partial charge on any atom is -0.488 e. The maximum atomic E-state index is 10.0. The lowest BCUT2D eigenvalue weighted by Gasteiger charge is -2.19. The van der Waals surface area contributed by atoms with E-state index in [1.807, 2.05) is 45.0 Å². The number of pyridine rings is 2. The van der Waals surface area contributed by atoms with Crippen molar-refractivity contribution >= 4 is 0 Å². The molecule has 0 spiro atoms. The largest absolute Gasteiger partial charge is 0.488 e. The van der Waals surface area contributed by atoms with E-state index >= 15 is 0 Å². The molecule has 0 radical (unpaired) electrons. The molecule has 2 heterocycles. The fourth-order valence-corrected chi connectivity index (χ4v) is 6.42. The summed E-state index contributed by atoms with van der Waals surface area (Å²) in [6.45, 7) is 11.2. The SMILES string of the molecule is Cc1cc(C)c(OCc2cccc(-c3cccc(COc4cc(OCc5cncc(C#N)c5)c(CO)cc4C)c3C)c2C)cc1OCc1cncc(C#N)c1. The van der Waals surface area contributed by atoms with E-state index in [1.165, 1.54) is 12.4 Å². The number of hydrogen-bond acceptors (Lipinski definition) is 9. The summed E-state index contributed by atoms with van der Waals surface area (Å²) in [4.78, 5) is 8.24. The van der Waals surface area contributed by atoms with Gasteiger partial charge in [0.1, 0.15) is 61.6 Å². The van der Waals surface area contributed by atoms with Crippen molar-refractivity contribution < 1.29 is 24.1 Å². The molecule has 0 aliphatic heterocycles. The lowest BCUT2D eigenvalue weighted by atomic mass is 9.92. The summed E-state index contributed by atoms with van der Waals surface area (Å²) in [5, 5.41) is 28.5. The van der Waals surface area contributed by atoms with Gasteiger partial charge in [-0.05, 0) is 109 Å². The zero-order valence-corrected chi connectivity index (χ0v) is 31.6. The number of aryl methyl sites for hydroxylation is 3. The lowest BCUT2D eigenvalue weighted by Crippen LogP contribution is -2.05. The average Bonchev–Trinajstić information content (AvgIpc) is 3.20. The number of aliphatic hydroxyl groups is 1. The first kappa shape index (κ1) is 38.1. The van der Waals surface area contributed by atoms with Gasteiger partial charge >= 0.3 is 0 Å². The molecule has 0 unspecified atom stereocenters. The van der Waals surface area contributed by atoms with Gasteiger partial charge in [-0.25, -0.2) is 0 Å². The molecule has 0 fully saturated rings.